The van der Waals surface area contributed by atoms with Crippen LogP contribution in [0.2, 0.25) is 0 Å². The average molecular weight is 314 g/mol. The maximum absolute atomic E-state index is 11.9. The van der Waals surface area contributed by atoms with Gasteiger partial charge < -0.3 is 10.5 Å². The van der Waals surface area contributed by atoms with Crippen LogP contribution in [-0.2, 0) is 4.74 Å². The third-order valence-electron chi connectivity index (χ3n) is 2.65. The van der Waals surface area contributed by atoms with E-state index < -0.39 is 6.09 Å². The van der Waals surface area contributed by atoms with E-state index in [-0.39, 0.29) is 11.6 Å². The summed E-state index contributed by atoms with van der Waals surface area (Å²) in [4.78, 5) is 11.9. The molecule has 5 nitrogen and oxygen atoms in total. The normalized spacial score (nSPS) is 20.1. The Morgan fingerprint density at radius 3 is 2.61 bits per heavy atom. The molecule has 1 aromatic rings. The molecule has 1 saturated heterocycles. The van der Waals surface area contributed by atoms with Gasteiger partial charge in [-0.3, -0.25) is 0 Å². The number of anilines is 2. The van der Waals surface area contributed by atoms with Crippen LogP contribution in [-0.4, -0.2) is 12.3 Å². The smallest absolute Gasteiger partial charge is 0.427 e. The van der Waals surface area contributed by atoms with Crippen LogP contribution in [0.1, 0.15) is 20.8 Å². The third kappa shape index (κ3) is 2.44. The minimum Gasteiger partial charge on any atom is -0.427 e. The zero-order valence-electron chi connectivity index (χ0n) is 10.5. The van der Waals surface area contributed by atoms with Crippen molar-refractivity contribution in [3.8, 4) is 0 Å². The van der Waals surface area contributed by atoms with Crippen LogP contribution in [0.4, 0.5) is 16.2 Å². The number of carbonyl (C=O) groups excluding carboxylic acids is 1. The molecule has 0 aromatic heterocycles. The number of amides is 1. The Kier molecular flexibility index (Phi) is 3.25. The predicted octanol–water partition coefficient (Wildman–Crippen LogP) is 2.86. The van der Waals surface area contributed by atoms with Crippen molar-refractivity contribution in [3.63, 3.8) is 0 Å². The number of ether oxygens (including phenoxy) is 1. The lowest BCUT2D eigenvalue weighted by Gasteiger charge is -2.25. The zero-order chi connectivity index (χ0) is 13.5. The number of halogens is 1. The van der Waals surface area contributed by atoms with Gasteiger partial charge in [0, 0.05) is 15.6 Å². The van der Waals surface area contributed by atoms with Crippen LogP contribution in [0.15, 0.2) is 22.7 Å². The number of hydrogen-bond acceptors (Lipinski definition) is 4. The number of hydrogen-bond donors (Lipinski definition) is 2. The van der Waals surface area contributed by atoms with Crippen molar-refractivity contribution in [1.82, 2.24) is 5.43 Å². The van der Waals surface area contributed by atoms with Crippen LogP contribution < -0.4 is 16.2 Å². The van der Waals surface area contributed by atoms with E-state index in [0.717, 1.165) is 4.47 Å². The molecule has 18 heavy (non-hydrogen) atoms. The second-order valence-corrected chi connectivity index (χ2v) is 6.16. The van der Waals surface area contributed by atoms with Crippen LogP contribution in [0, 0.1) is 5.41 Å². The second kappa shape index (κ2) is 4.44. The van der Waals surface area contributed by atoms with E-state index in [1.54, 1.807) is 18.2 Å². The first-order chi connectivity index (χ1) is 8.29. The minimum absolute atomic E-state index is 0.176. The van der Waals surface area contributed by atoms with E-state index in [2.05, 4.69) is 21.4 Å². The fourth-order valence-corrected chi connectivity index (χ4v) is 2.17. The van der Waals surface area contributed by atoms with Crippen molar-refractivity contribution in [2.45, 2.75) is 27.0 Å². The highest BCUT2D eigenvalue weighted by atomic mass is 79.9. The van der Waals surface area contributed by atoms with Gasteiger partial charge >= 0.3 is 6.09 Å². The van der Waals surface area contributed by atoms with E-state index in [4.69, 9.17) is 10.5 Å². The number of nitrogens with zero attached hydrogens (tertiary/aromatic N) is 1. The summed E-state index contributed by atoms with van der Waals surface area (Å²) in [6, 6.07) is 5.24. The number of nitrogen functional groups attached to an aromatic ring is 1. The summed E-state index contributed by atoms with van der Waals surface area (Å²) >= 11 is 3.39. The summed E-state index contributed by atoms with van der Waals surface area (Å²) in [5, 5.41) is 1.39. The zero-order valence-corrected chi connectivity index (χ0v) is 12.1. The fourth-order valence-electron chi connectivity index (χ4n) is 1.59. The van der Waals surface area contributed by atoms with E-state index in [9.17, 15) is 4.79 Å². The minimum atomic E-state index is -0.416. The number of nitrogens with two attached hydrogens (primary N) is 1. The first kappa shape index (κ1) is 13.2. The molecule has 0 radical (unpaired) electrons. The Labute approximate surface area is 114 Å². The van der Waals surface area contributed by atoms with E-state index >= 15 is 0 Å². The van der Waals surface area contributed by atoms with Crippen molar-refractivity contribution in [3.05, 3.63) is 22.7 Å². The second-order valence-electron chi connectivity index (χ2n) is 5.31. The quantitative estimate of drug-likeness (QED) is 0.782. The molecule has 1 unspecified atom stereocenters. The lowest BCUT2D eigenvalue weighted by Crippen LogP contribution is -2.43. The lowest BCUT2D eigenvalue weighted by molar-refractivity contribution is 0.0523. The number of hydrazine groups is 1. The summed E-state index contributed by atoms with van der Waals surface area (Å²) < 4.78 is 6.04. The van der Waals surface area contributed by atoms with Crippen molar-refractivity contribution in [2.75, 3.05) is 10.7 Å². The molecule has 0 spiro atoms. The van der Waals surface area contributed by atoms with Crippen LogP contribution in [0.5, 0.6) is 0 Å². The molecule has 1 atom stereocenters. The Morgan fingerprint density at radius 1 is 1.44 bits per heavy atom. The molecule has 0 aliphatic carbocycles. The van der Waals surface area contributed by atoms with Crippen molar-refractivity contribution in [2.24, 2.45) is 5.41 Å². The van der Waals surface area contributed by atoms with Gasteiger partial charge in [0.15, 0.2) is 6.23 Å². The monoisotopic (exact) mass is 313 g/mol. The SMILES string of the molecule is CC(C)(C)C1NN(c2ccc(N)cc2Br)C(=O)O1. The van der Waals surface area contributed by atoms with Gasteiger partial charge in [0.25, 0.3) is 0 Å². The standard InChI is InChI=1S/C12H16BrN3O2/c1-12(2,3)10-15-16(11(17)18-10)9-5-4-7(14)6-8(9)13/h4-6,10,15H,14H2,1-3H3. The van der Waals surface area contributed by atoms with E-state index in [1.165, 1.54) is 5.01 Å². The molecule has 0 saturated carbocycles. The topological polar surface area (TPSA) is 67.6 Å². The molecular formula is C12H16BrN3O2. The summed E-state index contributed by atoms with van der Waals surface area (Å²) in [6.07, 6.45) is -0.769. The first-order valence-electron chi connectivity index (χ1n) is 5.61. The Bertz CT molecular complexity index is 485. The summed E-state index contributed by atoms with van der Waals surface area (Å²) in [5.41, 5.74) is 9.86. The first-order valence-corrected chi connectivity index (χ1v) is 6.40. The van der Waals surface area contributed by atoms with Gasteiger partial charge in [-0.05, 0) is 34.1 Å². The van der Waals surface area contributed by atoms with Gasteiger partial charge in [0.05, 0.1) is 5.69 Å². The molecule has 2 rings (SSSR count). The van der Waals surface area contributed by atoms with E-state index in [0.29, 0.717) is 11.4 Å². The highest BCUT2D eigenvalue weighted by molar-refractivity contribution is 9.10. The van der Waals surface area contributed by atoms with Gasteiger partial charge in [-0.15, -0.1) is 0 Å². The molecule has 1 heterocycles. The Balaban J connectivity index is 2.27. The molecule has 1 aliphatic rings. The number of rotatable bonds is 1. The predicted molar refractivity (Wildman–Crippen MR) is 73.9 cm³/mol. The summed E-state index contributed by atoms with van der Waals surface area (Å²) in [6.45, 7) is 6.00. The molecule has 0 bridgehead atoms. The van der Waals surface area contributed by atoms with Crippen LogP contribution in [0.3, 0.4) is 0 Å². The van der Waals surface area contributed by atoms with Crippen molar-refractivity contribution >= 4 is 33.4 Å². The van der Waals surface area contributed by atoms with Crippen LogP contribution in [0.25, 0.3) is 0 Å². The average Bonchev–Trinajstić information content (AvgIpc) is 2.60. The molecule has 1 fully saturated rings. The third-order valence-corrected chi connectivity index (χ3v) is 3.28. The summed E-state index contributed by atoms with van der Waals surface area (Å²) in [7, 11) is 0. The Morgan fingerprint density at radius 2 is 2.11 bits per heavy atom. The van der Waals surface area contributed by atoms with Gasteiger partial charge in [-0.25, -0.2) is 9.80 Å². The number of nitrogens with one attached hydrogen (secondary N) is 1. The maximum atomic E-state index is 11.9. The van der Waals surface area contributed by atoms with E-state index in [1.807, 2.05) is 20.8 Å². The lowest BCUT2D eigenvalue weighted by atomic mass is 9.95. The number of cyclic esters (lactones) is 1. The molecule has 1 amide bonds. The molecule has 6 heteroatoms. The maximum Gasteiger partial charge on any atom is 0.430 e. The van der Waals surface area contributed by atoms with Crippen molar-refractivity contribution in [1.29, 1.82) is 0 Å². The number of benzene rings is 1. The summed E-state index contributed by atoms with van der Waals surface area (Å²) in [5.74, 6) is 0. The van der Waals surface area contributed by atoms with Gasteiger partial charge in [-0.2, -0.15) is 5.43 Å². The van der Waals surface area contributed by atoms with Gasteiger partial charge in [0.2, 0.25) is 0 Å². The van der Waals surface area contributed by atoms with Crippen LogP contribution >= 0.6 is 15.9 Å². The number of carbonyl (C=O) groups is 1. The molecule has 98 valence electrons. The Hall–Kier alpha value is -1.27. The van der Waals surface area contributed by atoms with Crippen molar-refractivity contribution < 1.29 is 9.53 Å². The fraction of sp³-hybridized carbons (Fsp3) is 0.417. The van der Waals surface area contributed by atoms with Gasteiger partial charge in [0.1, 0.15) is 0 Å². The van der Waals surface area contributed by atoms with Gasteiger partial charge in [-0.1, -0.05) is 20.8 Å². The highest BCUT2D eigenvalue weighted by Crippen LogP contribution is 2.32. The largest absolute Gasteiger partial charge is 0.430 e. The molecular weight excluding hydrogens is 298 g/mol. The molecule has 3 N–H and O–H groups in total. The highest BCUT2D eigenvalue weighted by Gasteiger charge is 2.39. The molecule has 1 aromatic carbocycles. The molecule has 1 aliphatic heterocycles.